The van der Waals surface area contributed by atoms with Crippen LogP contribution in [0.4, 0.5) is 0 Å². The third-order valence-electron chi connectivity index (χ3n) is 1.95. The van der Waals surface area contributed by atoms with E-state index < -0.39 is 0 Å². The van der Waals surface area contributed by atoms with Crippen LogP contribution in [-0.4, -0.2) is 0 Å². The van der Waals surface area contributed by atoms with Gasteiger partial charge in [0.1, 0.15) is 0 Å². The summed E-state index contributed by atoms with van der Waals surface area (Å²) in [5.41, 5.74) is 3.94. The zero-order chi connectivity index (χ0) is 8.43. The van der Waals surface area contributed by atoms with Gasteiger partial charge in [-0.2, -0.15) is 0 Å². The molecular weight excluding hydrogens is 200 g/mol. The van der Waals surface area contributed by atoms with Crippen LogP contribution in [0.15, 0.2) is 16.6 Å². The van der Waals surface area contributed by atoms with Crippen molar-refractivity contribution in [3.63, 3.8) is 0 Å². The fourth-order valence-electron chi connectivity index (χ4n) is 1.03. The Hall–Kier alpha value is -0.300. The molecule has 1 radical (unpaired) electrons. The number of rotatable bonds is 1. The van der Waals surface area contributed by atoms with Crippen LogP contribution < -0.4 is 0 Å². The highest BCUT2D eigenvalue weighted by Gasteiger charge is 1.99. The summed E-state index contributed by atoms with van der Waals surface area (Å²) in [6, 6.07) is 4.32. The maximum Gasteiger partial charge on any atom is 0.0209 e. The van der Waals surface area contributed by atoms with Crippen molar-refractivity contribution >= 4 is 15.9 Å². The van der Waals surface area contributed by atoms with Crippen LogP contribution in [0.3, 0.4) is 0 Å². The third kappa shape index (κ3) is 1.84. The predicted octanol–water partition coefficient (Wildman–Crippen LogP) is 3.44. The molecule has 1 aromatic carbocycles. The van der Waals surface area contributed by atoms with Crippen molar-refractivity contribution in [1.29, 1.82) is 0 Å². The van der Waals surface area contributed by atoms with Crippen LogP contribution in [-0.2, 0) is 6.42 Å². The Morgan fingerprint density at radius 1 is 1.36 bits per heavy atom. The summed E-state index contributed by atoms with van der Waals surface area (Å²) in [6.07, 6.45) is 0.861. The summed E-state index contributed by atoms with van der Waals surface area (Å²) in [5, 5.41) is 0. The first kappa shape index (κ1) is 8.79. The average Bonchev–Trinajstić information content (AvgIpc) is 1.99. The van der Waals surface area contributed by atoms with Gasteiger partial charge in [-0.05, 0) is 49.9 Å². The first-order valence-electron chi connectivity index (χ1n) is 3.70. The lowest BCUT2D eigenvalue weighted by Crippen LogP contribution is -1.87. The normalized spacial score (nSPS) is 10.2. The zero-order valence-corrected chi connectivity index (χ0v) is 8.53. The van der Waals surface area contributed by atoms with Crippen LogP contribution >= 0.6 is 15.9 Å². The van der Waals surface area contributed by atoms with Crippen molar-refractivity contribution in [2.24, 2.45) is 0 Å². The first-order valence-corrected chi connectivity index (χ1v) is 4.49. The molecule has 1 aromatic rings. The summed E-state index contributed by atoms with van der Waals surface area (Å²) < 4.78 is 1.19. The molecule has 59 valence electrons. The van der Waals surface area contributed by atoms with E-state index in [4.69, 9.17) is 0 Å². The Morgan fingerprint density at radius 2 is 2.00 bits per heavy atom. The van der Waals surface area contributed by atoms with Crippen molar-refractivity contribution in [2.45, 2.75) is 20.3 Å². The summed E-state index contributed by atoms with van der Waals surface area (Å²) in [4.78, 5) is 0. The number of benzene rings is 1. The average molecular weight is 212 g/mol. The molecule has 0 aliphatic heterocycles. The van der Waals surface area contributed by atoms with E-state index in [1.54, 1.807) is 0 Å². The quantitative estimate of drug-likeness (QED) is 0.668. The minimum Gasteiger partial charge on any atom is -0.0558 e. The van der Waals surface area contributed by atoms with E-state index in [9.17, 15) is 0 Å². The molecule has 0 heterocycles. The highest BCUT2D eigenvalue weighted by Crippen LogP contribution is 2.21. The summed E-state index contributed by atoms with van der Waals surface area (Å²) >= 11 is 3.51. The zero-order valence-electron chi connectivity index (χ0n) is 6.95. The van der Waals surface area contributed by atoms with Gasteiger partial charge in [0.05, 0.1) is 0 Å². The van der Waals surface area contributed by atoms with Gasteiger partial charge < -0.3 is 0 Å². The molecule has 0 spiro atoms. The molecule has 0 amide bonds. The van der Waals surface area contributed by atoms with Gasteiger partial charge in [0.2, 0.25) is 0 Å². The molecule has 0 nitrogen and oxygen atoms in total. The standard InChI is InChI=1S/C10H12Br/c1-4-9-5-7(2)8(3)10(11)6-9/h5-6H,1,4H2,2-3H3. The van der Waals surface area contributed by atoms with Gasteiger partial charge in [-0.3, -0.25) is 0 Å². The Morgan fingerprint density at radius 3 is 2.45 bits per heavy atom. The molecule has 0 bridgehead atoms. The van der Waals surface area contributed by atoms with E-state index in [1.807, 2.05) is 0 Å². The molecule has 0 atom stereocenters. The van der Waals surface area contributed by atoms with E-state index in [0.29, 0.717) is 0 Å². The van der Waals surface area contributed by atoms with Gasteiger partial charge in [-0.25, -0.2) is 0 Å². The van der Waals surface area contributed by atoms with E-state index in [-0.39, 0.29) is 0 Å². The first-order chi connectivity index (χ1) is 5.15. The molecule has 0 fully saturated rings. The van der Waals surface area contributed by atoms with E-state index in [1.165, 1.54) is 21.2 Å². The lowest BCUT2D eigenvalue weighted by molar-refractivity contribution is 1.21. The molecule has 0 N–H and O–H groups in total. The number of halogens is 1. The lowest BCUT2D eigenvalue weighted by Gasteiger charge is -2.05. The smallest absolute Gasteiger partial charge is 0.0209 e. The Kier molecular flexibility index (Phi) is 2.72. The van der Waals surface area contributed by atoms with Crippen LogP contribution in [0.25, 0.3) is 0 Å². The van der Waals surface area contributed by atoms with Crippen LogP contribution in [0.5, 0.6) is 0 Å². The van der Waals surface area contributed by atoms with Gasteiger partial charge in [0, 0.05) is 4.47 Å². The summed E-state index contributed by atoms with van der Waals surface area (Å²) in [7, 11) is 0. The second-order valence-corrected chi connectivity index (χ2v) is 3.62. The largest absolute Gasteiger partial charge is 0.0558 e. The summed E-state index contributed by atoms with van der Waals surface area (Å²) in [5.74, 6) is 0. The molecule has 11 heavy (non-hydrogen) atoms. The third-order valence-corrected chi connectivity index (χ3v) is 2.78. The SMILES string of the molecule is [CH2]Cc1cc(C)c(C)c(Br)c1. The van der Waals surface area contributed by atoms with Crippen LogP contribution in [0.2, 0.25) is 0 Å². The maximum atomic E-state index is 3.85. The molecule has 0 aliphatic rings. The minimum absolute atomic E-state index is 0.861. The van der Waals surface area contributed by atoms with Gasteiger partial charge in [-0.1, -0.05) is 22.0 Å². The second-order valence-electron chi connectivity index (χ2n) is 2.77. The molecule has 1 heteroatoms. The molecular formula is C10H12Br. The molecule has 0 saturated heterocycles. The predicted molar refractivity (Wildman–Crippen MR) is 52.7 cm³/mol. The number of hydrogen-bond donors (Lipinski definition) is 0. The Bertz CT molecular complexity index is 241. The van der Waals surface area contributed by atoms with E-state index in [0.717, 1.165) is 6.42 Å². The number of aryl methyl sites for hydroxylation is 1. The highest BCUT2D eigenvalue weighted by molar-refractivity contribution is 9.10. The molecule has 0 unspecified atom stereocenters. The summed E-state index contributed by atoms with van der Waals surface area (Å²) in [6.45, 7) is 8.09. The highest BCUT2D eigenvalue weighted by atomic mass is 79.9. The Balaban J connectivity index is 3.21. The van der Waals surface area contributed by atoms with Crippen molar-refractivity contribution in [3.8, 4) is 0 Å². The number of hydrogen-bond acceptors (Lipinski definition) is 0. The Labute approximate surface area is 76.8 Å². The van der Waals surface area contributed by atoms with Crippen LogP contribution in [0, 0.1) is 20.8 Å². The van der Waals surface area contributed by atoms with Crippen molar-refractivity contribution in [1.82, 2.24) is 0 Å². The fourth-order valence-corrected chi connectivity index (χ4v) is 1.64. The fraction of sp³-hybridized carbons (Fsp3) is 0.300. The molecule has 1 rings (SSSR count). The monoisotopic (exact) mass is 211 g/mol. The molecule has 0 aromatic heterocycles. The van der Waals surface area contributed by atoms with Gasteiger partial charge in [-0.15, -0.1) is 0 Å². The topological polar surface area (TPSA) is 0 Å². The van der Waals surface area contributed by atoms with Gasteiger partial charge in [0.15, 0.2) is 0 Å². The van der Waals surface area contributed by atoms with Crippen molar-refractivity contribution in [2.75, 3.05) is 0 Å². The van der Waals surface area contributed by atoms with Gasteiger partial charge >= 0.3 is 0 Å². The minimum atomic E-state index is 0.861. The maximum absolute atomic E-state index is 3.85. The van der Waals surface area contributed by atoms with Crippen molar-refractivity contribution in [3.05, 3.63) is 40.2 Å². The van der Waals surface area contributed by atoms with Gasteiger partial charge in [0.25, 0.3) is 0 Å². The van der Waals surface area contributed by atoms with E-state index in [2.05, 4.69) is 48.8 Å². The lowest BCUT2D eigenvalue weighted by atomic mass is 10.1. The van der Waals surface area contributed by atoms with E-state index >= 15 is 0 Å². The second kappa shape index (κ2) is 3.40. The van der Waals surface area contributed by atoms with Crippen molar-refractivity contribution < 1.29 is 0 Å². The molecule has 0 saturated carbocycles. The molecule has 0 aliphatic carbocycles. The van der Waals surface area contributed by atoms with Crippen LogP contribution in [0.1, 0.15) is 16.7 Å².